The SMILES string of the molecule is COc1ccc(C2CCCCC2)c2c1cc1n2CC2=C(C(=O)NS(=O)(=O)N(C)C)C2=C2C=CC[C@@H](C(=O)N3CCCC3CN3CCCC3)C21. The number of nitrogens with zero attached hydrogens (tertiary/aromatic N) is 4. The van der Waals surface area contributed by atoms with Crippen LogP contribution in [0.2, 0.25) is 0 Å². The van der Waals surface area contributed by atoms with Gasteiger partial charge in [0.1, 0.15) is 5.75 Å². The maximum Gasteiger partial charge on any atom is 0.303 e. The number of aromatic nitrogens is 1. The third-order valence-corrected chi connectivity index (χ3v) is 13.5. The summed E-state index contributed by atoms with van der Waals surface area (Å²) in [5.41, 5.74) is 6.56. The zero-order chi connectivity index (χ0) is 34.0. The molecule has 1 aromatic heterocycles. The van der Waals surface area contributed by atoms with Gasteiger partial charge in [-0.25, -0.2) is 4.72 Å². The van der Waals surface area contributed by atoms with Crippen LogP contribution >= 0.6 is 0 Å². The second kappa shape index (κ2) is 12.7. The molecule has 2 aromatic rings. The van der Waals surface area contributed by atoms with Crippen LogP contribution in [0.25, 0.3) is 10.9 Å². The second-order valence-corrected chi connectivity index (χ2v) is 17.0. The molecule has 1 aromatic carbocycles. The van der Waals surface area contributed by atoms with Crippen molar-refractivity contribution in [3.8, 4) is 5.75 Å². The van der Waals surface area contributed by atoms with Gasteiger partial charge in [0.05, 0.1) is 24.1 Å². The summed E-state index contributed by atoms with van der Waals surface area (Å²) < 4.78 is 37.1. The molecule has 0 spiro atoms. The Morgan fingerprint density at radius 1 is 1.00 bits per heavy atom. The van der Waals surface area contributed by atoms with Crippen LogP contribution in [0.5, 0.6) is 5.75 Å². The zero-order valence-electron chi connectivity index (χ0n) is 29.0. The van der Waals surface area contributed by atoms with E-state index >= 15 is 0 Å². The lowest BCUT2D eigenvalue weighted by Gasteiger charge is -2.36. The van der Waals surface area contributed by atoms with Crippen molar-refractivity contribution in [3.05, 3.63) is 63.9 Å². The van der Waals surface area contributed by atoms with Gasteiger partial charge in [-0.1, -0.05) is 37.5 Å². The summed E-state index contributed by atoms with van der Waals surface area (Å²) in [5.74, 6) is 0.216. The molecule has 4 heterocycles. The molecule has 10 nitrogen and oxygen atoms in total. The number of ether oxygens (including phenoxy) is 1. The molecule has 0 radical (unpaired) electrons. The van der Waals surface area contributed by atoms with E-state index in [0.717, 1.165) is 95.2 Å². The first-order chi connectivity index (χ1) is 23.7. The molecule has 2 amide bonds. The van der Waals surface area contributed by atoms with Crippen LogP contribution in [0.15, 0.2) is 52.6 Å². The number of carbonyl (C=O) groups is 2. The number of fused-ring (bicyclic) bond motifs is 6. The van der Waals surface area contributed by atoms with E-state index in [-0.39, 0.29) is 23.8 Å². The molecule has 3 aliphatic carbocycles. The van der Waals surface area contributed by atoms with Crippen LogP contribution in [0.1, 0.15) is 87.3 Å². The van der Waals surface area contributed by atoms with Crippen LogP contribution in [-0.4, -0.2) is 92.3 Å². The minimum absolute atomic E-state index is 0.190. The van der Waals surface area contributed by atoms with Gasteiger partial charge < -0.3 is 19.1 Å². The number of nitrogens with one attached hydrogen (secondary N) is 1. The molecular weight excluding hydrogens is 639 g/mol. The predicted molar refractivity (Wildman–Crippen MR) is 190 cm³/mol. The van der Waals surface area contributed by atoms with Gasteiger partial charge in [0, 0.05) is 56.8 Å². The molecule has 2 unspecified atom stereocenters. The lowest BCUT2D eigenvalue weighted by molar-refractivity contribution is -0.137. The Morgan fingerprint density at radius 3 is 2.51 bits per heavy atom. The van der Waals surface area contributed by atoms with E-state index in [2.05, 4.69) is 49.4 Å². The fraction of sp³-hybridized carbons (Fsp3) is 0.579. The number of methoxy groups -OCH3 is 1. The molecule has 3 atom stereocenters. The molecule has 262 valence electrons. The van der Waals surface area contributed by atoms with Crippen LogP contribution in [0.3, 0.4) is 0 Å². The quantitative estimate of drug-likeness (QED) is 0.420. The first-order valence-corrected chi connectivity index (χ1v) is 19.7. The van der Waals surface area contributed by atoms with Gasteiger partial charge in [0.25, 0.3) is 5.91 Å². The van der Waals surface area contributed by atoms with E-state index in [1.165, 1.54) is 51.8 Å². The monoisotopic (exact) mass is 687 g/mol. The highest BCUT2D eigenvalue weighted by atomic mass is 32.2. The Morgan fingerprint density at radius 2 is 1.78 bits per heavy atom. The summed E-state index contributed by atoms with van der Waals surface area (Å²) >= 11 is 0. The van der Waals surface area contributed by atoms with E-state index in [9.17, 15) is 18.0 Å². The Kier molecular flexibility index (Phi) is 8.51. The molecule has 11 heteroatoms. The Labute approximate surface area is 290 Å². The fourth-order valence-corrected chi connectivity index (χ4v) is 10.1. The van der Waals surface area contributed by atoms with Gasteiger partial charge >= 0.3 is 10.2 Å². The van der Waals surface area contributed by atoms with Crippen molar-refractivity contribution in [1.82, 2.24) is 23.4 Å². The molecule has 8 rings (SSSR count). The third kappa shape index (κ3) is 5.66. The van der Waals surface area contributed by atoms with Crippen molar-refractivity contribution in [2.45, 2.75) is 88.6 Å². The lowest BCUT2D eigenvalue weighted by Crippen LogP contribution is -2.46. The van der Waals surface area contributed by atoms with E-state index in [4.69, 9.17) is 4.74 Å². The van der Waals surface area contributed by atoms with Gasteiger partial charge in [-0.15, -0.1) is 0 Å². The minimum atomic E-state index is -3.98. The largest absolute Gasteiger partial charge is 0.496 e. The number of hydrogen-bond donors (Lipinski definition) is 1. The van der Waals surface area contributed by atoms with Gasteiger partial charge in [-0.2, -0.15) is 12.7 Å². The zero-order valence-corrected chi connectivity index (χ0v) is 29.9. The van der Waals surface area contributed by atoms with E-state index in [1.54, 1.807) is 7.11 Å². The number of allylic oxidation sites excluding steroid dienone is 4. The summed E-state index contributed by atoms with van der Waals surface area (Å²) in [6.07, 6.45) is 15.2. The van der Waals surface area contributed by atoms with Crippen LogP contribution in [0.4, 0.5) is 0 Å². The number of likely N-dealkylation sites (tertiary alicyclic amines) is 2. The normalized spacial score (nSPS) is 25.9. The molecule has 3 fully saturated rings. The second-order valence-electron chi connectivity index (χ2n) is 15.1. The van der Waals surface area contributed by atoms with Crippen LogP contribution < -0.4 is 9.46 Å². The third-order valence-electron chi connectivity index (χ3n) is 12.1. The van der Waals surface area contributed by atoms with Crippen molar-refractivity contribution in [1.29, 1.82) is 0 Å². The number of carbonyl (C=O) groups excluding carboxylic acids is 2. The number of benzene rings is 1. The topological polar surface area (TPSA) is 104 Å². The Balaban J connectivity index is 1.26. The summed E-state index contributed by atoms with van der Waals surface area (Å²) in [6, 6.07) is 6.78. The average molecular weight is 688 g/mol. The van der Waals surface area contributed by atoms with Gasteiger partial charge in [0.15, 0.2) is 0 Å². The van der Waals surface area contributed by atoms with Gasteiger partial charge in [-0.3, -0.25) is 9.59 Å². The maximum atomic E-state index is 14.9. The van der Waals surface area contributed by atoms with Crippen molar-refractivity contribution in [2.24, 2.45) is 5.92 Å². The molecule has 3 aliphatic heterocycles. The number of amides is 2. The molecule has 49 heavy (non-hydrogen) atoms. The Hall–Kier alpha value is -3.41. The first kappa shape index (κ1) is 32.8. The average Bonchev–Trinajstić information content (AvgIpc) is 3.43. The minimum Gasteiger partial charge on any atom is -0.496 e. The summed E-state index contributed by atoms with van der Waals surface area (Å²) in [4.78, 5) is 33.2. The molecule has 0 bridgehead atoms. The van der Waals surface area contributed by atoms with E-state index < -0.39 is 16.1 Å². The molecule has 2 saturated heterocycles. The lowest BCUT2D eigenvalue weighted by atomic mass is 9.75. The molecule has 1 N–H and O–H groups in total. The standard InChI is InChI=1S/C38H49N5O5S/c1-40(2)49(46,47)39-37(44)35-30-23-43-31(21-29-32(48-3)17-16-26(36(29)43)24-11-5-4-6-12-24)33-27(34(30)35)14-9-15-28(33)38(45)42-20-10-13-25(42)22-41-18-7-8-19-41/h9,14,16-17,21,24-25,28,33H,4-8,10-13,15,18-20,22-23H2,1-3H3,(H,39,44)/t25?,28-,33?/m1/s1. The van der Waals surface area contributed by atoms with E-state index in [0.29, 0.717) is 24.5 Å². The van der Waals surface area contributed by atoms with Gasteiger partial charge in [0.2, 0.25) is 5.91 Å². The smallest absolute Gasteiger partial charge is 0.303 e. The molecule has 6 aliphatic rings. The van der Waals surface area contributed by atoms with Gasteiger partial charge in [-0.05, 0) is 98.4 Å². The fourth-order valence-electron chi connectivity index (χ4n) is 9.56. The number of rotatable bonds is 8. The van der Waals surface area contributed by atoms with Crippen molar-refractivity contribution < 1.29 is 22.7 Å². The molecule has 1 saturated carbocycles. The summed E-state index contributed by atoms with van der Waals surface area (Å²) in [5, 5.41) is 1.04. The van der Waals surface area contributed by atoms with E-state index in [1.807, 2.05) is 0 Å². The van der Waals surface area contributed by atoms with Crippen molar-refractivity contribution in [3.63, 3.8) is 0 Å². The van der Waals surface area contributed by atoms with Crippen molar-refractivity contribution >= 4 is 32.9 Å². The van der Waals surface area contributed by atoms with Crippen molar-refractivity contribution in [2.75, 3.05) is 47.4 Å². The highest BCUT2D eigenvalue weighted by Crippen LogP contribution is 2.55. The van der Waals surface area contributed by atoms with Crippen LogP contribution in [0, 0.1) is 5.92 Å². The Bertz CT molecular complexity index is 1890. The highest BCUT2D eigenvalue weighted by Gasteiger charge is 2.49. The van der Waals surface area contributed by atoms with Crippen LogP contribution in [-0.2, 0) is 26.3 Å². The highest BCUT2D eigenvalue weighted by molar-refractivity contribution is 7.87. The predicted octanol–water partition coefficient (Wildman–Crippen LogP) is 4.99. The summed E-state index contributed by atoms with van der Waals surface area (Å²) in [6.45, 7) is 4.38. The first-order valence-electron chi connectivity index (χ1n) is 18.3. The number of hydrogen-bond acceptors (Lipinski definition) is 6. The molecular formula is C38H49N5O5S. The maximum absolute atomic E-state index is 14.9. The summed E-state index contributed by atoms with van der Waals surface area (Å²) in [7, 11) is 0.545.